The number of amidine groups is 1. The van der Waals surface area contributed by atoms with Crippen LogP contribution in [0.3, 0.4) is 0 Å². The SMILES string of the molecule is C=CCOc1cccc(C2=CC(C3=C(N)C(=N)N(C)C(=O)C3)CC=C2)c1. The Balaban J connectivity index is 1.90. The molecule has 5 nitrogen and oxygen atoms in total. The van der Waals surface area contributed by atoms with Crippen molar-refractivity contribution in [2.24, 2.45) is 11.7 Å². The van der Waals surface area contributed by atoms with Gasteiger partial charge in [0.25, 0.3) is 0 Å². The smallest absolute Gasteiger partial charge is 0.232 e. The van der Waals surface area contributed by atoms with Gasteiger partial charge >= 0.3 is 0 Å². The average molecular weight is 349 g/mol. The lowest BCUT2D eigenvalue weighted by atomic mass is 9.83. The molecule has 0 bridgehead atoms. The first-order chi connectivity index (χ1) is 12.5. The first-order valence-electron chi connectivity index (χ1n) is 8.57. The quantitative estimate of drug-likeness (QED) is 0.801. The van der Waals surface area contributed by atoms with Gasteiger partial charge in [0.1, 0.15) is 12.4 Å². The van der Waals surface area contributed by atoms with Crippen molar-refractivity contribution in [1.29, 1.82) is 5.41 Å². The minimum Gasteiger partial charge on any atom is -0.490 e. The Hall–Kier alpha value is -3.08. The molecule has 0 radical (unpaired) electrons. The highest BCUT2D eigenvalue weighted by Crippen LogP contribution is 2.34. The van der Waals surface area contributed by atoms with E-state index in [1.165, 1.54) is 4.90 Å². The van der Waals surface area contributed by atoms with Gasteiger partial charge in [0, 0.05) is 13.0 Å². The molecule has 3 N–H and O–H groups in total. The van der Waals surface area contributed by atoms with E-state index >= 15 is 0 Å². The molecule has 0 aromatic heterocycles. The molecule has 1 heterocycles. The maximum Gasteiger partial charge on any atom is 0.232 e. The van der Waals surface area contributed by atoms with Crippen molar-refractivity contribution < 1.29 is 9.53 Å². The summed E-state index contributed by atoms with van der Waals surface area (Å²) in [4.78, 5) is 13.4. The van der Waals surface area contributed by atoms with Gasteiger partial charge in [-0.25, -0.2) is 0 Å². The number of hydrogen-bond acceptors (Lipinski definition) is 4. The van der Waals surface area contributed by atoms with Crippen molar-refractivity contribution in [3.63, 3.8) is 0 Å². The molecule has 0 saturated carbocycles. The maximum absolute atomic E-state index is 12.1. The van der Waals surface area contributed by atoms with Crippen molar-refractivity contribution >= 4 is 17.3 Å². The third kappa shape index (κ3) is 3.47. The van der Waals surface area contributed by atoms with Crippen LogP contribution in [0.5, 0.6) is 5.75 Å². The topological polar surface area (TPSA) is 79.4 Å². The van der Waals surface area contributed by atoms with E-state index in [-0.39, 0.29) is 24.1 Å². The number of hydrogen-bond donors (Lipinski definition) is 2. The lowest BCUT2D eigenvalue weighted by molar-refractivity contribution is -0.126. The zero-order valence-corrected chi connectivity index (χ0v) is 14.9. The molecule has 26 heavy (non-hydrogen) atoms. The Morgan fingerprint density at radius 2 is 2.27 bits per heavy atom. The molecule has 5 heteroatoms. The summed E-state index contributed by atoms with van der Waals surface area (Å²) in [6, 6.07) is 7.88. The van der Waals surface area contributed by atoms with E-state index < -0.39 is 0 Å². The predicted molar refractivity (Wildman–Crippen MR) is 104 cm³/mol. The second-order valence-corrected chi connectivity index (χ2v) is 6.41. The van der Waals surface area contributed by atoms with Gasteiger partial charge in [0.05, 0.1) is 12.1 Å². The van der Waals surface area contributed by atoms with E-state index in [0.717, 1.165) is 28.9 Å². The molecule has 1 aromatic rings. The number of amides is 1. The number of nitrogens with zero attached hydrogens (tertiary/aromatic N) is 1. The molecule has 2 aliphatic rings. The second kappa shape index (κ2) is 7.44. The number of ether oxygens (including phenoxy) is 1. The van der Waals surface area contributed by atoms with E-state index in [0.29, 0.717) is 12.3 Å². The summed E-state index contributed by atoms with van der Waals surface area (Å²) in [5, 5.41) is 8.05. The number of benzene rings is 1. The molecular formula is C21H23N3O2. The fraction of sp³-hybridized carbons (Fsp3) is 0.238. The Bertz CT molecular complexity index is 849. The molecule has 1 aliphatic heterocycles. The van der Waals surface area contributed by atoms with E-state index in [9.17, 15) is 4.79 Å². The van der Waals surface area contributed by atoms with E-state index in [1.807, 2.05) is 24.3 Å². The highest BCUT2D eigenvalue weighted by Gasteiger charge is 2.30. The second-order valence-electron chi connectivity index (χ2n) is 6.41. The number of nitrogens with one attached hydrogen (secondary N) is 1. The van der Waals surface area contributed by atoms with E-state index in [2.05, 4.69) is 24.8 Å². The fourth-order valence-electron chi connectivity index (χ4n) is 3.20. The van der Waals surface area contributed by atoms with Gasteiger partial charge in [0.2, 0.25) is 5.91 Å². The van der Waals surface area contributed by atoms with Crippen LogP contribution in [0, 0.1) is 11.3 Å². The van der Waals surface area contributed by atoms with Crippen LogP contribution in [0.4, 0.5) is 0 Å². The van der Waals surface area contributed by atoms with Crippen LogP contribution >= 0.6 is 0 Å². The molecule has 0 spiro atoms. The minimum atomic E-state index is -0.0940. The van der Waals surface area contributed by atoms with Gasteiger partial charge in [0.15, 0.2) is 5.84 Å². The summed E-state index contributed by atoms with van der Waals surface area (Å²) in [5.41, 5.74) is 9.49. The Morgan fingerprint density at radius 3 is 3.04 bits per heavy atom. The fourth-order valence-corrected chi connectivity index (χ4v) is 3.20. The summed E-state index contributed by atoms with van der Waals surface area (Å²) >= 11 is 0. The lowest BCUT2D eigenvalue weighted by Gasteiger charge is -2.30. The van der Waals surface area contributed by atoms with E-state index in [4.69, 9.17) is 15.9 Å². The van der Waals surface area contributed by atoms with Gasteiger partial charge in [-0.3, -0.25) is 15.1 Å². The van der Waals surface area contributed by atoms with Crippen LogP contribution in [0.1, 0.15) is 18.4 Å². The van der Waals surface area contributed by atoms with Crippen molar-refractivity contribution in [1.82, 2.24) is 4.90 Å². The average Bonchev–Trinajstić information content (AvgIpc) is 2.68. The summed E-state index contributed by atoms with van der Waals surface area (Å²) in [7, 11) is 1.59. The van der Waals surface area contributed by atoms with Crippen molar-refractivity contribution in [2.75, 3.05) is 13.7 Å². The van der Waals surface area contributed by atoms with Crippen LogP contribution in [-0.2, 0) is 4.79 Å². The van der Waals surface area contributed by atoms with E-state index in [1.54, 1.807) is 13.1 Å². The lowest BCUT2D eigenvalue weighted by Crippen LogP contribution is -2.41. The third-order valence-corrected chi connectivity index (χ3v) is 4.70. The van der Waals surface area contributed by atoms with Crippen LogP contribution in [0.2, 0.25) is 0 Å². The molecule has 1 atom stereocenters. The van der Waals surface area contributed by atoms with Gasteiger partial charge in [-0.15, -0.1) is 0 Å². The Labute approximate surface area is 153 Å². The van der Waals surface area contributed by atoms with Crippen molar-refractivity contribution in [2.45, 2.75) is 12.8 Å². The number of likely N-dealkylation sites (N-methyl/N-ethyl adjacent to an activating group) is 1. The number of rotatable bonds is 5. The zero-order chi connectivity index (χ0) is 18.7. The highest BCUT2D eigenvalue weighted by atomic mass is 16.5. The molecule has 1 amide bonds. The molecular weight excluding hydrogens is 326 g/mol. The normalized spacial score (nSPS) is 20.3. The number of carbonyl (C=O) groups is 1. The summed E-state index contributed by atoms with van der Waals surface area (Å²) < 4.78 is 5.61. The number of allylic oxidation sites excluding steroid dienone is 4. The standard InChI is InChI=1S/C21H23N3O2/c1-3-10-26-17-9-5-7-15(12-17)14-6-4-8-16(11-14)18-13-19(25)24(2)21(23)20(18)22/h3-7,9,11-12,16,23H,1,8,10,13,22H2,2H3. The van der Waals surface area contributed by atoms with Crippen LogP contribution in [0.15, 0.2) is 66.4 Å². The van der Waals surface area contributed by atoms with Crippen molar-refractivity contribution in [3.05, 3.63) is 72.0 Å². The summed E-state index contributed by atoms with van der Waals surface area (Å²) in [6.07, 6.45) is 9.03. The molecule has 3 rings (SSSR count). The van der Waals surface area contributed by atoms with Crippen molar-refractivity contribution in [3.8, 4) is 5.75 Å². The molecule has 1 aliphatic carbocycles. The van der Waals surface area contributed by atoms with Gasteiger partial charge < -0.3 is 10.5 Å². The van der Waals surface area contributed by atoms with Crippen LogP contribution < -0.4 is 10.5 Å². The van der Waals surface area contributed by atoms with Crippen LogP contribution in [-0.4, -0.2) is 30.3 Å². The van der Waals surface area contributed by atoms with Gasteiger partial charge in [-0.1, -0.05) is 43.0 Å². The zero-order valence-electron chi connectivity index (χ0n) is 14.9. The first-order valence-corrected chi connectivity index (χ1v) is 8.57. The molecule has 134 valence electrons. The largest absolute Gasteiger partial charge is 0.490 e. The number of nitrogens with two attached hydrogens (primary N) is 1. The van der Waals surface area contributed by atoms with Crippen LogP contribution in [0.25, 0.3) is 5.57 Å². The van der Waals surface area contributed by atoms with Gasteiger partial charge in [-0.05, 0) is 35.3 Å². The Morgan fingerprint density at radius 1 is 1.46 bits per heavy atom. The molecule has 0 saturated heterocycles. The number of carbonyl (C=O) groups excluding carboxylic acids is 1. The Kier molecular flexibility index (Phi) is 5.07. The monoisotopic (exact) mass is 349 g/mol. The summed E-state index contributed by atoms with van der Waals surface area (Å²) in [5.74, 6) is 0.795. The molecule has 1 aromatic carbocycles. The maximum atomic E-state index is 12.1. The first kappa shape index (κ1) is 17.7. The summed E-state index contributed by atoms with van der Waals surface area (Å²) in [6.45, 7) is 4.12. The minimum absolute atomic E-state index is 0.0192. The predicted octanol–water partition coefficient (Wildman–Crippen LogP) is 3.26. The molecule has 1 unspecified atom stereocenters. The highest BCUT2D eigenvalue weighted by molar-refractivity contribution is 6.09. The third-order valence-electron chi connectivity index (χ3n) is 4.70. The molecule has 0 fully saturated rings. The van der Waals surface area contributed by atoms with Gasteiger partial charge in [-0.2, -0.15) is 0 Å².